The summed E-state index contributed by atoms with van der Waals surface area (Å²) < 4.78 is 5.83. The van der Waals surface area contributed by atoms with Crippen LogP contribution in [0.25, 0.3) is 0 Å². The van der Waals surface area contributed by atoms with E-state index in [2.05, 4.69) is 67.3 Å². The zero-order chi connectivity index (χ0) is 17.5. The van der Waals surface area contributed by atoms with Crippen LogP contribution in [0, 0.1) is 0 Å². The molecule has 1 saturated heterocycles. The maximum absolute atomic E-state index is 5.83. The number of rotatable bonds is 7. The van der Waals surface area contributed by atoms with Crippen LogP contribution in [0.3, 0.4) is 0 Å². The molecule has 0 aliphatic carbocycles. The highest BCUT2D eigenvalue weighted by molar-refractivity contribution is 5.27. The Morgan fingerprint density at radius 2 is 1.64 bits per heavy atom. The van der Waals surface area contributed by atoms with Gasteiger partial charge in [-0.3, -0.25) is 0 Å². The molecule has 0 amide bonds. The molecule has 0 N–H and O–H groups in total. The van der Waals surface area contributed by atoms with Crippen molar-refractivity contribution in [3.63, 3.8) is 0 Å². The van der Waals surface area contributed by atoms with Gasteiger partial charge in [-0.1, -0.05) is 68.4 Å². The number of nitrogens with zero attached hydrogens (tertiary/aromatic N) is 1. The molecule has 0 spiro atoms. The van der Waals surface area contributed by atoms with E-state index in [1.54, 1.807) is 0 Å². The number of piperidine rings is 1. The van der Waals surface area contributed by atoms with Gasteiger partial charge in [-0.2, -0.15) is 0 Å². The van der Waals surface area contributed by atoms with Crippen molar-refractivity contribution in [3.05, 3.63) is 71.3 Å². The van der Waals surface area contributed by atoms with Crippen molar-refractivity contribution < 1.29 is 4.74 Å². The first-order valence-corrected chi connectivity index (χ1v) is 9.66. The summed E-state index contributed by atoms with van der Waals surface area (Å²) in [6.07, 6.45) is 2.53. The maximum atomic E-state index is 5.83. The fourth-order valence-corrected chi connectivity index (χ4v) is 3.60. The fourth-order valence-electron chi connectivity index (χ4n) is 3.60. The topological polar surface area (TPSA) is 12.5 Å². The summed E-state index contributed by atoms with van der Waals surface area (Å²) in [4.78, 5) is 2.55. The highest BCUT2D eigenvalue weighted by Crippen LogP contribution is 2.29. The standard InChI is InChI=1S/C23H31NO/c1-19(2)21-8-10-22(11-9-21)23-12-14-24(15-13-23)16-17-25-18-20-6-4-3-5-7-20/h3-11,19,23H,12-18H2,1-2H3. The quantitative estimate of drug-likeness (QED) is 0.643. The van der Waals surface area contributed by atoms with E-state index in [-0.39, 0.29) is 0 Å². The molecule has 1 aliphatic heterocycles. The molecule has 0 atom stereocenters. The minimum absolute atomic E-state index is 0.617. The van der Waals surface area contributed by atoms with Gasteiger partial charge >= 0.3 is 0 Å². The molecular weight excluding hydrogens is 306 g/mol. The monoisotopic (exact) mass is 337 g/mol. The van der Waals surface area contributed by atoms with Gasteiger partial charge in [0.1, 0.15) is 0 Å². The predicted octanol–water partition coefficient (Wildman–Crippen LogP) is 5.21. The van der Waals surface area contributed by atoms with Gasteiger partial charge in [-0.25, -0.2) is 0 Å². The zero-order valence-corrected chi connectivity index (χ0v) is 15.7. The van der Waals surface area contributed by atoms with Crippen molar-refractivity contribution in [2.75, 3.05) is 26.2 Å². The van der Waals surface area contributed by atoms with Crippen molar-refractivity contribution in [2.24, 2.45) is 0 Å². The number of hydrogen-bond donors (Lipinski definition) is 0. The number of ether oxygens (including phenoxy) is 1. The number of hydrogen-bond acceptors (Lipinski definition) is 2. The molecule has 0 unspecified atom stereocenters. The third-order valence-corrected chi connectivity index (χ3v) is 5.33. The molecular formula is C23H31NO. The average molecular weight is 338 g/mol. The van der Waals surface area contributed by atoms with Crippen LogP contribution in [0.2, 0.25) is 0 Å². The highest BCUT2D eigenvalue weighted by Gasteiger charge is 2.20. The van der Waals surface area contributed by atoms with E-state index in [0.717, 1.165) is 25.7 Å². The van der Waals surface area contributed by atoms with Crippen LogP contribution < -0.4 is 0 Å². The van der Waals surface area contributed by atoms with E-state index in [4.69, 9.17) is 4.74 Å². The van der Waals surface area contributed by atoms with Gasteiger partial charge in [-0.15, -0.1) is 0 Å². The summed E-state index contributed by atoms with van der Waals surface area (Å²) in [6, 6.07) is 19.7. The molecule has 0 radical (unpaired) electrons. The van der Waals surface area contributed by atoms with E-state index in [0.29, 0.717) is 5.92 Å². The van der Waals surface area contributed by atoms with E-state index >= 15 is 0 Å². The van der Waals surface area contributed by atoms with Gasteiger partial charge in [0.15, 0.2) is 0 Å². The molecule has 134 valence electrons. The van der Waals surface area contributed by atoms with Crippen molar-refractivity contribution in [1.29, 1.82) is 0 Å². The Morgan fingerprint density at radius 3 is 2.28 bits per heavy atom. The SMILES string of the molecule is CC(C)c1ccc(C2CCN(CCOCc3ccccc3)CC2)cc1. The van der Waals surface area contributed by atoms with E-state index in [9.17, 15) is 0 Å². The van der Waals surface area contributed by atoms with Crippen LogP contribution >= 0.6 is 0 Å². The molecule has 0 aromatic heterocycles. The average Bonchev–Trinajstić information content (AvgIpc) is 2.67. The van der Waals surface area contributed by atoms with E-state index < -0.39 is 0 Å². The van der Waals surface area contributed by atoms with E-state index in [1.807, 2.05) is 6.07 Å². The second-order valence-corrected chi connectivity index (χ2v) is 7.48. The molecule has 25 heavy (non-hydrogen) atoms. The lowest BCUT2D eigenvalue weighted by Crippen LogP contribution is -2.35. The highest BCUT2D eigenvalue weighted by atomic mass is 16.5. The number of benzene rings is 2. The molecule has 1 fully saturated rings. The van der Waals surface area contributed by atoms with Crippen LogP contribution in [-0.4, -0.2) is 31.1 Å². The lowest BCUT2D eigenvalue weighted by molar-refractivity contribution is 0.0840. The molecule has 2 heteroatoms. The third kappa shape index (κ3) is 5.42. The summed E-state index contributed by atoms with van der Waals surface area (Å²) in [6.45, 7) is 9.48. The summed E-state index contributed by atoms with van der Waals surface area (Å²) >= 11 is 0. The van der Waals surface area contributed by atoms with Gasteiger partial charge in [0.2, 0.25) is 0 Å². The minimum Gasteiger partial charge on any atom is -0.375 e. The molecule has 0 saturated carbocycles. The summed E-state index contributed by atoms with van der Waals surface area (Å²) in [7, 11) is 0. The Morgan fingerprint density at radius 1 is 0.960 bits per heavy atom. The van der Waals surface area contributed by atoms with Crippen LogP contribution in [0.15, 0.2) is 54.6 Å². The van der Waals surface area contributed by atoms with Crippen molar-refractivity contribution in [3.8, 4) is 0 Å². The zero-order valence-electron chi connectivity index (χ0n) is 15.7. The van der Waals surface area contributed by atoms with Crippen molar-refractivity contribution >= 4 is 0 Å². The minimum atomic E-state index is 0.617. The smallest absolute Gasteiger partial charge is 0.0717 e. The Hall–Kier alpha value is -1.64. The Labute approximate surface area is 152 Å². The van der Waals surface area contributed by atoms with E-state index in [1.165, 1.54) is 42.6 Å². The Balaban J connectivity index is 1.37. The van der Waals surface area contributed by atoms with Gasteiger partial charge < -0.3 is 9.64 Å². The molecule has 2 nitrogen and oxygen atoms in total. The molecule has 1 heterocycles. The normalized spacial score (nSPS) is 16.4. The largest absolute Gasteiger partial charge is 0.375 e. The molecule has 2 aromatic rings. The van der Waals surface area contributed by atoms with Gasteiger partial charge in [0.25, 0.3) is 0 Å². The van der Waals surface area contributed by atoms with Gasteiger partial charge in [0, 0.05) is 6.54 Å². The molecule has 1 aliphatic rings. The van der Waals surface area contributed by atoms with Crippen LogP contribution in [0.1, 0.15) is 55.2 Å². The lowest BCUT2D eigenvalue weighted by atomic mass is 9.88. The fraction of sp³-hybridized carbons (Fsp3) is 0.478. The molecule has 2 aromatic carbocycles. The lowest BCUT2D eigenvalue weighted by Gasteiger charge is -2.32. The second kappa shape index (κ2) is 9.17. The summed E-state index contributed by atoms with van der Waals surface area (Å²) in [5.74, 6) is 1.34. The first kappa shape index (κ1) is 18.2. The molecule has 3 rings (SSSR count). The summed E-state index contributed by atoms with van der Waals surface area (Å²) in [5.41, 5.74) is 4.21. The van der Waals surface area contributed by atoms with Crippen LogP contribution in [0.4, 0.5) is 0 Å². The Kier molecular flexibility index (Phi) is 6.66. The van der Waals surface area contributed by atoms with Crippen LogP contribution in [-0.2, 0) is 11.3 Å². The predicted molar refractivity (Wildman–Crippen MR) is 105 cm³/mol. The second-order valence-electron chi connectivity index (χ2n) is 7.48. The van der Waals surface area contributed by atoms with Crippen molar-refractivity contribution in [1.82, 2.24) is 4.90 Å². The van der Waals surface area contributed by atoms with Crippen molar-refractivity contribution in [2.45, 2.75) is 45.1 Å². The first-order chi connectivity index (χ1) is 12.2. The van der Waals surface area contributed by atoms with Crippen LogP contribution in [0.5, 0.6) is 0 Å². The molecule has 0 bridgehead atoms. The summed E-state index contributed by atoms with van der Waals surface area (Å²) in [5, 5.41) is 0. The Bertz CT molecular complexity index is 612. The number of likely N-dealkylation sites (tertiary alicyclic amines) is 1. The third-order valence-electron chi connectivity index (χ3n) is 5.33. The van der Waals surface area contributed by atoms with Gasteiger partial charge in [-0.05, 0) is 54.5 Å². The maximum Gasteiger partial charge on any atom is 0.0717 e. The first-order valence-electron chi connectivity index (χ1n) is 9.66. The van der Waals surface area contributed by atoms with Gasteiger partial charge in [0.05, 0.1) is 13.2 Å².